The number of carboxylic acid groups (broad SMARTS) is 1. The van der Waals surface area contributed by atoms with Gasteiger partial charge in [-0.3, -0.25) is 9.69 Å². The summed E-state index contributed by atoms with van der Waals surface area (Å²) in [6.07, 6.45) is -4.21. The van der Waals surface area contributed by atoms with Crippen molar-refractivity contribution in [2.24, 2.45) is 11.8 Å². The molecule has 2 aromatic carbocycles. The number of hydrogen-bond acceptors (Lipinski definition) is 2. The molecule has 1 N–H and O–H groups in total. The van der Waals surface area contributed by atoms with E-state index in [4.69, 9.17) is 0 Å². The van der Waals surface area contributed by atoms with E-state index < -0.39 is 41.5 Å². The van der Waals surface area contributed by atoms with Crippen LogP contribution in [0.3, 0.4) is 0 Å². The Morgan fingerprint density at radius 2 is 1.47 bits per heavy atom. The quantitative estimate of drug-likeness (QED) is 0.302. The van der Waals surface area contributed by atoms with Crippen LogP contribution in [0.2, 0.25) is 0 Å². The van der Waals surface area contributed by atoms with E-state index in [1.165, 1.54) is 24.3 Å². The fraction of sp³-hybridized carbons (Fsp3) is 0.444. The third-order valence-corrected chi connectivity index (χ3v) is 6.45. The molecule has 0 amide bonds. The molecule has 36 heavy (non-hydrogen) atoms. The standard InChI is InChI=1S/C27H29F6NO2/c1-17(2)3-12-23(19-4-8-21(9-5-19)26(28,29)30)34-14-13-18(16-25(35)36)15-24(34)20-6-10-22(11-7-20)27(31,32)33/h3-12,17-18,23-24H,13-16H2,1-2H3,(H,35,36)/t18-,23+,24-/m0/s1. The van der Waals surface area contributed by atoms with E-state index in [0.717, 1.165) is 24.3 Å². The minimum Gasteiger partial charge on any atom is -0.481 e. The molecule has 0 spiro atoms. The van der Waals surface area contributed by atoms with Gasteiger partial charge in [0.2, 0.25) is 0 Å². The lowest BCUT2D eigenvalue weighted by atomic mass is 9.83. The van der Waals surface area contributed by atoms with Crippen LogP contribution in [0.1, 0.15) is 67.4 Å². The number of allylic oxidation sites excluding steroid dienone is 1. The highest BCUT2D eigenvalue weighted by molar-refractivity contribution is 5.67. The Morgan fingerprint density at radius 1 is 0.944 bits per heavy atom. The molecular formula is C27H29F6NO2. The van der Waals surface area contributed by atoms with Crippen LogP contribution in [0.15, 0.2) is 60.7 Å². The van der Waals surface area contributed by atoms with Crippen molar-refractivity contribution in [3.8, 4) is 0 Å². The van der Waals surface area contributed by atoms with Crippen LogP contribution in [-0.4, -0.2) is 22.5 Å². The summed E-state index contributed by atoms with van der Waals surface area (Å²) in [6, 6.07) is 8.86. The molecule has 1 heterocycles. The van der Waals surface area contributed by atoms with Crippen LogP contribution in [-0.2, 0) is 17.1 Å². The first kappa shape index (κ1) is 27.8. The highest BCUT2D eigenvalue weighted by Gasteiger charge is 2.36. The molecule has 1 saturated heterocycles. The average molecular weight is 514 g/mol. The second-order valence-corrected chi connectivity index (χ2v) is 9.56. The Bertz CT molecular complexity index is 1040. The van der Waals surface area contributed by atoms with E-state index in [1.807, 2.05) is 30.9 Å². The maximum absolute atomic E-state index is 13.1. The summed E-state index contributed by atoms with van der Waals surface area (Å²) in [4.78, 5) is 13.4. The predicted molar refractivity (Wildman–Crippen MR) is 124 cm³/mol. The number of carbonyl (C=O) groups is 1. The van der Waals surface area contributed by atoms with Crippen molar-refractivity contribution in [1.29, 1.82) is 0 Å². The molecule has 1 fully saturated rings. The minimum absolute atomic E-state index is 0.0578. The van der Waals surface area contributed by atoms with Gasteiger partial charge < -0.3 is 5.11 Å². The number of halogens is 6. The van der Waals surface area contributed by atoms with Crippen LogP contribution >= 0.6 is 0 Å². The number of hydrogen-bond donors (Lipinski definition) is 1. The van der Waals surface area contributed by atoms with Gasteiger partial charge in [0.1, 0.15) is 0 Å². The molecule has 1 aliphatic heterocycles. The van der Waals surface area contributed by atoms with E-state index in [9.17, 15) is 36.2 Å². The first-order chi connectivity index (χ1) is 16.8. The van der Waals surface area contributed by atoms with E-state index in [1.54, 1.807) is 0 Å². The Kier molecular flexibility index (Phi) is 8.54. The Balaban J connectivity index is 2.02. The summed E-state index contributed by atoms with van der Waals surface area (Å²) in [7, 11) is 0. The number of piperidine rings is 1. The molecule has 0 bridgehead atoms. The molecule has 0 saturated carbocycles. The number of likely N-dealkylation sites (tertiary alicyclic amines) is 1. The van der Waals surface area contributed by atoms with Crippen LogP contribution in [0, 0.1) is 11.8 Å². The molecule has 3 atom stereocenters. The number of aliphatic carboxylic acids is 1. The van der Waals surface area contributed by atoms with Crippen molar-refractivity contribution in [2.75, 3.05) is 6.54 Å². The lowest BCUT2D eigenvalue weighted by Gasteiger charge is -2.43. The lowest BCUT2D eigenvalue weighted by molar-refractivity contribution is -0.139. The Morgan fingerprint density at radius 3 is 1.94 bits per heavy atom. The van der Waals surface area contributed by atoms with Gasteiger partial charge in [0, 0.05) is 12.5 Å². The van der Waals surface area contributed by atoms with E-state index in [2.05, 4.69) is 0 Å². The fourth-order valence-electron chi connectivity index (χ4n) is 4.65. The molecule has 9 heteroatoms. The maximum Gasteiger partial charge on any atom is 0.416 e. The monoisotopic (exact) mass is 513 g/mol. The number of alkyl halides is 6. The van der Waals surface area contributed by atoms with Gasteiger partial charge in [-0.2, -0.15) is 26.3 Å². The molecule has 3 rings (SSSR count). The molecule has 0 aliphatic carbocycles. The summed E-state index contributed by atoms with van der Waals surface area (Å²) in [6.45, 7) is 4.37. The van der Waals surface area contributed by atoms with Gasteiger partial charge in [-0.1, -0.05) is 50.3 Å². The van der Waals surface area contributed by atoms with Gasteiger partial charge in [-0.05, 0) is 66.6 Å². The topological polar surface area (TPSA) is 40.5 Å². The Hall–Kier alpha value is -2.81. The molecule has 0 unspecified atom stereocenters. The van der Waals surface area contributed by atoms with Crippen molar-refractivity contribution in [2.45, 2.75) is 57.5 Å². The van der Waals surface area contributed by atoms with Gasteiger partial charge in [-0.25, -0.2) is 0 Å². The molecule has 0 aromatic heterocycles. The zero-order valence-corrected chi connectivity index (χ0v) is 20.0. The second-order valence-electron chi connectivity index (χ2n) is 9.56. The minimum atomic E-state index is -4.49. The summed E-state index contributed by atoms with van der Waals surface area (Å²) in [5, 5.41) is 9.30. The highest BCUT2D eigenvalue weighted by Crippen LogP contribution is 2.42. The van der Waals surface area contributed by atoms with Crippen LogP contribution < -0.4 is 0 Å². The van der Waals surface area contributed by atoms with E-state index in [0.29, 0.717) is 30.5 Å². The van der Waals surface area contributed by atoms with Gasteiger partial charge in [0.05, 0.1) is 17.2 Å². The average Bonchev–Trinajstić information content (AvgIpc) is 2.78. The number of carboxylic acids is 1. The number of benzene rings is 2. The Labute approximate surface area is 206 Å². The molecular weight excluding hydrogens is 484 g/mol. The van der Waals surface area contributed by atoms with Crippen LogP contribution in [0.25, 0.3) is 0 Å². The first-order valence-electron chi connectivity index (χ1n) is 11.8. The molecule has 196 valence electrons. The SMILES string of the molecule is CC(C)C=C[C@H](c1ccc(C(F)(F)F)cc1)N1CC[C@H](CC(=O)O)C[C@H]1c1ccc(C(F)(F)F)cc1. The lowest BCUT2D eigenvalue weighted by Crippen LogP contribution is -2.39. The molecule has 3 nitrogen and oxygen atoms in total. The van der Waals surface area contributed by atoms with Crippen LogP contribution in [0.5, 0.6) is 0 Å². The third-order valence-electron chi connectivity index (χ3n) is 6.45. The van der Waals surface area contributed by atoms with Crippen LogP contribution in [0.4, 0.5) is 26.3 Å². The normalized spacial score (nSPS) is 20.7. The van der Waals surface area contributed by atoms with E-state index >= 15 is 0 Å². The summed E-state index contributed by atoms with van der Waals surface area (Å²) in [5.74, 6) is -0.956. The first-order valence-corrected chi connectivity index (χ1v) is 11.8. The molecule has 1 aliphatic rings. The summed E-state index contributed by atoms with van der Waals surface area (Å²) in [5.41, 5.74) is -0.326. The highest BCUT2D eigenvalue weighted by atomic mass is 19.4. The van der Waals surface area contributed by atoms with Crippen molar-refractivity contribution in [3.05, 3.63) is 82.9 Å². The van der Waals surface area contributed by atoms with Gasteiger partial charge in [-0.15, -0.1) is 0 Å². The van der Waals surface area contributed by atoms with Crippen molar-refractivity contribution >= 4 is 5.97 Å². The van der Waals surface area contributed by atoms with Gasteiger partial charge in [0.15, 0.2) is 0 Å². The second kappa shape index (κ2) is 11.1. The largest absolute Gasteiger partial charge is 0.481 e. The number of rotatable bonds is 7. The number of nitrogens with zero attached hydrogens (tertiary/aromatic N) is 1. The smallest absolute Gasteiger partial charge is 0.416 e. The van der Waals surface area contributed by atoms with Crippen molar-refractivity contribution in [1.82, 2.24) is 4.90 Å². The van der Waals surface area contributed by atoms with E-state index in [-0.39, 0.29) is 18.3 Å². The van der Waals surface area contributed by atoms with Gasteiger partial charge >= 0.3 is 18.3 Å². The maximum atomic E-state index is 13.1. The summed E-state index contributed by atoms with van der Waals surface area (Å²) >= 11 is 0. The zero-order chi connectivity index (χ0) is 26.7. The zero-order valence-electron chi connectivity index (χ0n) is 20.0. The molecule has 0 radical (unpaired) electrons. The third kappa shape index (κ3) is 7.12. The van der Waals surface area contributed by atoms with Crippen molar-refractivity contribution < 1.29 is 36.2 Å². The fourth-order valence-corrected chi connectivity index (χ4v) is 4.65. The van der Waals surface area contributed by atoms with Crippen molar-refractivity contribution in [3.63, 3.8) is 0 Å². The predicted octanol–water partition coefficient (Wildman–Crippen LogP) is 7.91. The van der Waals surface area contributed by atoms with Gasteiger partial charge in [0.25, 0.3) is 0 Å². The summed E-state index contributed by atoms with van der Waals surface area (Å²) < 4.78 is 78.7. The molecule has 2 aromatic rings.